The SMILES string of the molecule is O=C([O-])c1cc2c([nH]c3ccccc32)c(-c2ccccc2)n1. The molecule has 0 radical (unpaired) electrons. The minimum atomic E-state index is -1.27. The zero-order chi connectivity index (χ0) is 15.1. The van der Waals surface area contributed by atoms with Crippen LogP contribution in [-0.4, -0.2) is 15.9 Å². The first-order chi connectivity index (χ1) is 10.7. The van der Waals surface area contributed by atoms with Crippen molar-refractivity contribution in [1.82, 2.24) is 9.97 Å². The van der Waals surface area contributed by atoms with Gasteiger partial charge >= 0.3 is 0 Å². The number of H-pyrrole nitrogens is 1. The molecule has 0 amide bonds. The molecule has 22 heavy (non-hydrogen) atoms. The highest BCUT2D eigenvalue weighted by molar-refractivity contribution is 6.12. The van der Waals surface area contributed by atoms with Gasteiger partial charge < -0.3 is 14.9 Å². The summed E-state index contributed by atoms with van der Waals surface area (Å²) in [6, 6.07) is 18.9. The van der Waals surface area contributed by atoms with E-state index >= 15 is 0 Å². The number of para-hydroxylation sites is 1. The van der Waals surface area contributed by atoms with E-state index in [-0.39, 0.29) is 5.69 Å². The molecule has 0 aliphatic heterocycles. The Morgan fingerprint density at radius 2 is 1.68 bits per heavy atom. The Morgan fingerprint density at radius 1 is 0.955 bits per heavy atom. The lowest BCUT2D eigenvalue weighted by Gasteiger charge is -2.07. The molecule has 0 aliphatic rings. The number of hydrogen-bond donors (Lipinski definition) is 1. The van der Waals surface area contributed by atoms with E-state index in [1.807, 2.05) is 54.6 Å². The highest BCUT2D eigenvalue weighted by Gasteiger charge is 2.13. The van der Waals surface area contributed by atoms with Crippen molar-refractivity contribution in [2.75, 3.05) is 0 Å². The first-order valence-corrected chi connectivity index (χ1v) is 6.92. The van der Waals surface area contributed by atoms with E-state index in [2.05, 4.69) is 9.97 Å². The maximum atomic E-state index is 11.3. The maximum Gasteiger partial charge on any atom is 0.0951 e. The number of carbonyl (C=O) groups is 1. The molecule has 0 spiro atoms. The topological polar surface area (TPSA) is 68.8 Å². The van der Waals surface area contributed by atoms with Gasteiger partial charge in [0.15, 0.2) is 0 Å². The molecular formula is C18H11N2O2-. The Hall–Kier alpha value is -3.14. The summed E-state index contributed by atoms with van der Waals surface area (Å²) in [5, 5.41) is 13.1. The number of nitrogens with zero attached hydrogens (tertiary/aromatic N) is 1. The van der Waals surface area contributed by atoms with Crippen molar-refractivity contribution < 1.29 is 9.90 Å². The van der Waals surface area contributed by atoms with Crippen LogP contribution in [0, 0.1) is 0 Å². The van der Waals surface area contributed by atoms with Crippen LogP contribution < -0.4 is 5.11 Å². The number of carboxylic acids is 1. The number of benzene rings is 2. The number of carbonyl (C=O) groups excluding carboxylic acids is 1. The van der Waals surface area contributed by atoms with Crippen LogP contribution in [0.4, 0.5) is 0 Å². The highest BCUT2D eigenvalue weighted by atomic mass is 16.4. The van der Waals surface area contributed by atoms with E-state index in [9.17, 15) is 9.90 Å². The Bertz CT molecular complexity index is 1000. The molecule has 106 valence electrons. The summed E-state index contributed by atoms with van der Waals surface area (Å²) in [6.07, 6.45) is 0. The zero-order valence-corrected chi connectivity index (χ0v) is 11.5. The molecule has 2 aromatic carbocycles. The number of carboxylic acid groups (broad SMARTS) is 1. The molecule has 4 aromatic rings. The van der Waals surface area contributed by atoms with Crippen LogP contribution in [-0.2, 0) is 0 Å². The fourth-order valence-corrected chi connectivity index (χ4v) is 2.76. The smallest absolute Gasteiger partial charge is 0.0951 e. The van der Waals surface area contributed by atoms with E-state index in [0.717, 1.165) is 27.4 Å². The molecule has 1 N–H and O–H groups in total. The molecule has 2 aromatic heterocycles. The molecule has 0 saturated carbocycles. The van der Waals surface area contributed by atoms with Crippen LogP contribution in [0.5, 0.6) is 0 Å². The van der Waals surface area contributed by atoms with Gasteiger partial charge in [-0.1, -0.05) is 48.5 Å². The molecule has 0 aliphatic carbocycles. The zero-order valence-electron chi connectivity index (χ0n) is 11.5. The third-order valence-electron chi connectivity index (χ3n) is 3.75. The standard InChI is InChI=1S/C18H12N2O2/c21-18(22)15-10-13-12-8-4-5-9-14(12)19-17(13)16(20-15)11-6-2-1-3-7-11/h1-10,19H,(H,21,22)/p-1. The quantitative estimate of drug-likeness (QED) is 0.616. The van der Waals surface area contributed by atoms with Gasteiger partial charge in [-0.05, 0) is 12.1 Å². The summed E-state index contributed by atoms with van der Waals surface area (Å²) in [5.41, 5.74) is 3.20. The predicted octanol–water partition coefficient (Wildman–Crippen LogP) is 2.75. The van der Waals surface area contributed by atoms with Gasteiger partial charge in [0.25, 0.3) is 0 Å². The molecule has 0 atom stereocenters. The summed E-state index contributed by atoms with van der Waals surface area (Å²) in [5.74, 6) is -1.27. The van der Waals surface area contributed by atoms with Crippen molar-refractivity contribution >= 4 is 27.8 Å². The second kappa shape index (κ2) is 4.70. The molecule has 4 heteroatoms. The van der Waals surface area contributed by atoms with Crippen LogP contribution in [0.2, 0.25) is 0 Å². The van der Waals surface area contributed by atoms with Gasteiger partial charge in [-0.3, -0.25) is 0 Å². The molecule has 0 bridgehead atoms. The first-order valence-electron chi connectivity index (χ1n) is 6.92. The number of nitrogens with one attached hydrogen (secondary N) is 1. The number of pyridine rings is 1. The lowest BCUT2D eigenvalue weighted by atomic mass is 10.1. The van der Waals surface area contributed by atoms with Crippen molar-refractivity contribution in [3.05, 3.63) is 66.4 Å². The van der Waals surface area contributed by atoms with Gasteiger partial charge in [-0.15, -0.1) is 0 Å². The largest absolute Gasteiger partial charge is 0.543 e. The van der Waals surface area contributed by atoms with Gasteiger partial charge in [0.05, 0.1) is 22.9 Å². The van der Waals surface area contributed by atoms with Gasteiger partial charge in [0.2, 0.25) is 0 Å². The van der Waals surface area contributed by atoms with E-state index in [4.69, 9.17) is 0 Å². The van der Waals surface area contributed by atoms with Crippen molar-refractivity contribution in [3.63, 3.8) is 0 Å². The number of rotatable bonds is 2. The second-order valence-corrected chi connectivity index (χ2v) is 5.10. The Labute approximate surface area is 126 Å². The van der Waals surface area contributed by atoms with E-state index in [0.29, 0.717) is 5.69 Å². The van der Waals surface area contributed by atoms with Crippen molar-refractivity contribution in [2.45, 2.75) is 0 Å². The van der Waals surface area contributed by atoms with Gasteiger partial charge in [-0.2, -0.15) is 0 Å². The Balaban J connectivity index is 2.16. The van der Waals surface area contributed by atoms with E-state index in [1.54, 1.807) is 6.07 Å². The number of aromatic amines is 1. The summed E-state index contributed by atoms with van der Waals surface area (Å²) < 4.78 is 0. The van der Waals surface area contributed by atoms with Gasteiger partial charge in [-0.25, -0.2) is 4.98 Å². The normalized spacial score (nSPS) is 11.1. The predicted molar refractivity (Wildman–Crippen MR) is 83.4 cm³/mol. The van der Waals surface area contributed by atoms with Gasteiger partial charge in [0, 0.05) is 21.9 Å². The van der Waals surface area contributed by atoms with Crippen LogP contribution in [0.3, 0.4) is 0 Å². The van der Waals surface area contributed by atoms with Gasteiger partial charge in [0.1, 0.15) is 0 Å². The molecule has 0 unspecified atom stereocenters. The first kappa shape index (κ1) is 12.6. The Kier molecular flexibility index (Phi) is 2.69. The van der Waals surface area contributed by atoms with Crippen molar-refractivity contribution in [1.29, 1.82) is 0 Å². The third kappa shape index (κ3) is 1.85. The van der Waals surface area contributed by atoms with Crippen LogP contribution in [0.1, 0.15) is 10.5 Å². The maximum absolute atomic E-state index is 11.3. The summed E-state index contributed by atoms with van der Waals surface area (Å²) >= 11 is 0. The molecule has 2 heterocycles. The van der Waals surface area contributed by atoms with E-state index < -0.39 is 5.97 Å². The minimum Gasteiger partial charge on any atom is -0.543 e. The number of fused-ring (bicyclic) bond motifs is 3. The Morgan fingerprint density at radius 3 is 2.45 bits per heavy atom. The third-order valence-corrected chi connectivity index (χ3v) is 3.75. The number of aromatic nitrogens is 2. The van der Waals surface area contributed by atoms with E-state index in [1.165, 1.54) is 0 Å². The summed E-state index contributed by atoms with van der Waals surface area (Å²) in [6.45, 7) is 0. The monoisotopic (exact) mass is 287 g/mol. The lowest BCUT2D eigenvalue weighted by molar-refractivity contribution is -0.255. The summed E-state index contributed by atoms with van der Waals surface area (Å²) in [7, 11) is 0. The van der Waals surface area contributed by atoms with Crippen LogP contribution in [0.25, 0.3) is 33.1 Å². The van der Waals surface area contributed by atoms with Crippen LogP contribution in [0.15, 0.2) is 60.7 Å². The van der Waals surface area contributed by atoms with Crippen LogP contribution >= 0.6 is 0 Å². The lowest BCUT2D eigenvalue weighted by Crippen LogP contribution is -2.23. The highest BCUT2D eigenvalue weighted by Crippen LogP contribution is 2.32. The molecule has 4 rings (SSSR count). The number of aromatic carboxylic acids is 1. The molecule has 4 nitrogen and oxygen atoms in total. The average Bonchev–Trinajstić information content (AvgIpc) is 2.93. The number of hydrogen-bond acceptors (Lipinski definition) is 3. The van der Waals surface area contributed by atoms with Crippen molar-refractivity contribution in [3.8, 4) is 11.3 Å². The molecule has 0 fully saturated rings. The average molecular weight is 287 g/mol. The fraction of sp³-hybridized carbons (Fsp3) is 0. The second-order valence-electron chi connectivity index (χ2n) is 5.10. The minimum absolute atomic E-state index is 0.0592. The van der Waals surface area contributed by atoms with Crippen molar-refractivity contribution in [2.24, 2.45) is 0 Å². The molecular weight excluding hydrogens is 276 g/mol. The fourth-order valence-electron chi connectivity index (χ4n) is 2.76. The summed E-state index contributed by atoms with van der Waals surface area (Å²) in [4.78, 5) is 18.9. The molecule has 0 saturated heterocycles.